The van der Waals surface area contributed by atoms with Crippen molar-refractivity contribution in [2.75, 3.05) is 0 Å². The van der Waals surface area contributed by atoms with E-state index in [2.05, 4.69) is 0 Å². The van der Waals surface area contributed by atoms with Crippen LogP contribution in [0.5, 0.6) is 0 Å². The quantitative estimate of drug-likeness (QED) is 0.884. The SMILES string of the molecule is NCc1ccsc1C(O)c1ccc(Cl)cc1. The number of hydrogen-bond donors (Lipinski definition) is 2. The number of nitrogens with two attached hydrogens (primary N) is 1. The highest BCUT2D eigenvalue weighted by Gasteiger charge is 2.15. The third kappa shape index (κ3) is 2.28. The Morgan fingerprint density at radius 3 is 2.56 bits per heavy atom. The summed E-state index contributed by atoms with van der Waals surface area (Å²) in [6, 6.07) is 9.14. The molecule has 1 heterocycles. The monoisotopic (exact) mass is 253 g/mol. The number of hydrogen-bond acceptors (Lipinski definition) is 3. The molecule has 0 spiro atoms. The Morgan fingerprint density at radius 2 is 1.94 bits per heavy atom. The first-order chi connectivity index (χ1) is 7.72. The second kappa shape index (κ2) is 4.97. The molecule has 0 bridgehead atoms. The van der Waals surface area contributed by atoms with E-state index in [1.54, 1.807) is 12.1 Å². The van der Waals surface area contributed by atoms with Crippen LogP contribution >= 0.6 is 22.9 Å². The third-order valence-corrected chi connectivity index (χ3v) is 3.70. The summed E-state index contributed by atoms with van der Waals surface area (Å²) in [6.45, 7) is 0.448. The Balaban J connectivity index is 2.31. The van der Waals surface area contributed by atoms with E-state index in [0.29, 0.717) is 11.6 Å². The summed E-state index contributed by atoms with van der Waals surface area (Å²) in [5.41, 5.74) is 7.44. The van der Waals surface area contributed by atoms with Gasteiger partial charge < -0.3 is 10.8 Å². The molecule has 4 heteroatoms. The zero-order chi connectivity index (χ0) is 11.5. The van der Waals surface area contributed by atoms with Crippen molar-refractivity contribution in [1.82, 2.24) is 0 Å². The lowest BCUT2D eigenvalue weighted by atomic mass is 10.1. The number of aliphatic hydroxyl groups is 1. The van der Waals surface area contributed by atoms with Crippen molar-refractivity contribution in [2.45, 2.75) is 12.6 Å². The van der Waals surface area contributed by atoms with Crippen LogP contribution < -0.4 is 5.73 Å². The molecule has 84 valence electrons. The van der Waals surface area contributed by atoms with Crippen LogP contribution in [-0.2, 0) is 6.54 Å². The van der Waals surface area contributed by atoms with Gasteiger partial charge >= 0.3 is 0 Å². The molecule has 2 nitrogen and oxygen atoms in total. The van der Waals surface area contributed by atoms with Crippen molar-refractivity contribution in [3.63, 3.8) is 0 Å². The molecule has 2 rings (SSSR count). The lowest BCUT2D eigenvalue weighted by molar-refractivity contribution is 0.223. The van der Waals surface area contributed by atoms with Gasteiger partial charge in [0.1, 0.15) is 6.10 Å². The first-order valence-corrected chi connectivity index (χ1v) is 6.18. The second-order valence-electron chi connectivity index (χ2n) is 3.47. The van der Waals surface area contributed by atoms with Crippen LogP contribution in [0, 0.1) is 0 Å². The van der Waals surface area contributed by atoms with Crippen LogP contribution in [-0.4, -0.2) is 5.11 Å². The van der Waals surface area contributed by atoms with Crippen LogP contribution in [0.4, 0.5) is 0 Å². The molecule has 0 aliphatic carbocycles. The lowest BCUT2D eigenvalue weighted by Gasteiger charge is -2.11. The summed E-state index contributed by atoms with van der Waals surface area (Å²) in [6.07, 6.45) is -0.615. The van der Waals surface area contributed by atoms with E-state index in [0.717, 1.165) is 16.0 Å². The van der Waals surface area contributed by atoms with Gasteiger partial charge in [-0.2, -0.15) is 0 Å². The Labute approximate surface area is 103 Å². The zero-order valence-electron chi connectivity index (χ0n) is 8.56. The molecular weight excluding hydrogens is 242 g/mol. The van der Waals surface area contributed by atoms with Gasteiger partial charge in [0.05, 0.1) is 0 Å². The normalized spacial score (nSPS) is 12.7. The minimum Gasteiger partial charge on any atom is -0.383 e. The average Bonchev–Trinajstić information content (AvgIpc) is 2.77. The molecule has 0 saturated carbocycles. The fourth-order valence-electron chi connectivity index (χ4n) is 1.55. The van der Waals surface area contributed by atoms with E-state index in [9.17, 15) is 5.11 Å². The Kier molecular flexibility index (Phi) is 3.61. The fraction of sp³-hybridized carbons (Fsp3) is 0.167. The van der Waals surface area contributed by atoms with E-state index in [-0.39, 0.29) is 0 Å². The van der Waals surface area contributed by atoms with Gasteiger partial charge in [-0.15, -0.1) is 11.3 Å². The van der Waals surface area contributed by atoms with Crippen molar-refractivity contribution in [3.05, 3.63) is 56.7 Å². The Bertz CT molecular complexity index is 466. The third-order valence-electron chi connectivity index (χ3n) is 2.43. The standard InChI is InChI=1S/C12H12ClNOS/c13-10-3-1-8(2-4-10)11(15)12-9(7-14)5-6-16-12/h1-6,11,15H,7,14H2. The van der Waals surface area contributed by atoms with E-state index >= 15 is 0 Å². The summed E-state index contributed by atoms with van der Waals surface area (Å²) in [4.78, 5) is 0.907. The maximum atomic E-state index is 10.2. The van der Waals surface area contributed by atoms with Crippen molar-refractivity contribution < 1.29 is 5.11 Å². The van der Waals surface area contributed by atoms with Crippen LogP contribution in [0.1, 0.15) is 22.1 Å². The molecule has 0 aliphatic rings. The minimum atomic E-state index is -0.615. The van der Waals surface area contributed by atoms with Crippen molar-refractivity contribution in [1.29, 1.82) is 0 Å². The van der Waals surface area contributed by atoms with Crippen molar-refractivity contribution >= 4 is 22.9 Å². The number of rotatable bonds is 3. The first-order valence-electron chi connectivity index (χ1n) is 4.92. The highest BCUT2D eigenvalue weighted by molar-refractivity contribution is 7.10. The molecule has 1 aromatic heterocycles. The predicted molar refractivity (Wildman–Crippen MR) is 67.7 cm³/mol. The maximum Gasteiger partial charge on any atom is 0.114 e. The topological polar surface area (TPSA) is 46.2 Å². The Hall–Kier alpha value is -0.870. The zero-order valence-corrected chi connectivity index (χ0v) is 10.1. The van der Waals surface area contributed by atoms with Crippen LogP contribution in [0.25, 0.3) is 0 Å². The van der Waals surface area contributed by atoms with Crippen LogP contribution in [0.3, 0.4) is 0 Å². The largest absolute Gasteiger partial charge is 0.383 e. The van der Waals surface area contributed by atoms with Gasteiger partial charge in [0.25, 0.3) is 0 Å². The maximum absolute atomic E-state index is 10.2. The van der Waals surface area contributed by atoms with Gasteiger partial charge in [-0.25, -0.2) is 0 Å². The molecule has 0 saturated heterocycles. The van der Waals surface area contributed by atoms with Gasteiger partial charge in [0, 0.05) is 16.4 Å². The number of aliphatic hydroxyl groups excluding tert-OH is 1. The number of benzene rings is 1. The Morgan fingerprint density at radius 1 is 1.25 bits per heavy atom. The number of thiophene rings is 1. The number of halogens is 1. The van der Waals surface area contributed by atoms with E-state index < -0.39 is 6.10 Å². The van der Waals surface area contributed by atoms with E-state index in [1.165, 1.54) is 11.3 Å². The second-order valence-corrected chi connectivity index (χ2v) is 4.85. The molecule has 0 aliphatic heterocycles. The molecule has 0 amide bonds. The van der Waals surface area contributed by atoms with Gasteiger partial charge in [-0.05, 0) is 34.7 Å². The van der Waals surface area contributed by atoms with Gasteiger partial charge in [0.2, 0.25) is 0 Å². The molecule has 1 unspecified atom stereocenters. The van der Waals surface area contributed by atoms with Crippen molar-refractivity contribution in [2.24, 2.45) is 5.73 Å². The molecule has 0 radical (unpaired) electrons. The van der Waals surface area contributed by atoms with Crippen LogP contribution in [0.2, 0.25) is 5.02 Å². The van der Waals surface area contributed by atoms with Crippen molar-refractivity contribution in [3.8, 4) is 0 Å². The summed E-state index contributed by atoms with van der Waals surface area (Å²) in [5, 5.41) is 12.8. The first kappa shape index (κ1) is 11.6. The molecule has 1 atom stereocenters. The minimum absolute atomic E-state index is 0.448. The molecular formula is C12H12ClNOS. The lowest BCUT2D eigenvalue weighted by Crippen LogP contribution is -2.03. The van der Waals surface area contributed by atoms with Gasteiger partial charge in [0.15, 0.2) is 0 Å². The van der Waals surface area contributed by atoms with E-state index in [1.807, 2.05) is 23.6 Å². The summed E-state index contributed by atoms with van der Waals surface area (Å²) in [7, 11) is 0. The molecule has 1 aromatic carbocycles. The summed E-state index contributed by atoms with van der Waals surface area (Å²) < 4.78 is 0. The highest BCUT2D eigenvalue weighted by atomic mass is 35.5. The molecule has 2 aromatic rings. The van der Waals surface area contributed by atoms with Gasteiger partial charge in [-0.3, -0.25) is 0 Å². The van der Waals surface area contributed by atoms with E-state index in [4.69, 9.17) is 17.3 Å². The highest BCUT2D eigenvalue weighted by Crippen LogP contribution is 2.29. The molecule has 16 heavy (non-hydrogen) atoms. The van der Waals surface area contributed by atoms with Crippen LogP contribution in [0.15, 0.2) is 35.7 Å². The molecule has 0 fully saturated rings. The average molecular weight is 254 g/mol. The summed E-state index contributed by atoms with van der Waals surface area (Å²) >= 11 is 7.32. The fourth-order valence-corrected chi connectivity index (χ4v) is 2.63. The predicted octanol–water partition coefficient (Wildman–Crippen LogP) is 2.94. The summed E-state index contributed by atoms with van der Waals surface area (Å²) in [5.74, 6) is 0. The smallest absolute Gasteiger partial charge is 0.114 e. The van der Waals surface area contributed by atoms with Gasteiger partial charge in [-0.1, -0.05) is 23.7 Å². The molecule has 3 N–H and O–H groups in total.